The molecule has 216 valence electrons. The first kappa shape index (κ1) is 27.6. The number of nitrogens with zero attached hydrogens (tertiary/aromatic N) is 5. The van der Waals surface area contributed by atoms with Crippen LogP contribution >= 0.6 is 0 Å². The fourth-order valence-electron chi connectivity index (χ4n) is 5.32. The second kappa shape index (κ2) is 11.8. The molecule has 0 spiro atoms. The number of fused-ring (bicyclic) bond motifs is 1. The number of nitriles is 1. The molecule has 1 N–H and O–H groups in total. The predicted octanol–water partition coefficient (Wildman–Crippen LogP) is 4.57. The van der Waals surface area contributed by atoms with E-state index in [2.05, 4.69) is 14.4 Å². The summed E-state index contributed by atoms with van der Waals surface area (Å²) in [5.41, 5.74) is 3.03. The lowest BCUT2D eigenvalue weighted by molar-refractivity contribution is -0.0592. The van der Waals surface area contributed by atoms with Gasteiger partial charge in [-0.3, -0.25) is 4.90 Å². The molecule has 0 bridgehead atoms. The number of benzene rings is 3. The quantitative estimate of drug-likeness (QED) is 0.311. The fourth-order valence-corrected chi connectivity index (χ4v) is 5.32. The minimum atomic E-state index is -0.974. The molecule has 2 aliphatic rings. The van der Waals surface area contributed by atoms with Crippen molar-refractivity contribution in [2.45, 2.75) is 32.2 Å². The van der Waals surface area contributed by atoms with Crippen molar-refractivity contribution in [3.8, 4) is 11.8 Å². The van der Waals surface area contributed by atoms with Crippen LogP contribution in [0.3, 0.4) is 0 Å². The number of piperazine rings is 1. The average molecular weight is 574 g/mol. The molecule has 42 heavy (non-hydrogen) atoms. The molecule has 11 heteroatoms. The SMILES string of the molecule is N#Cc1ccc(COc2cc(N3CCN(Cc4nc5ccc(C(=O)O)cc5n4CC4CCO4)CC3)ccc2F)c(F)c1. The minimum Gasteiger partial charge on any atom is -0.486 e. The molecule has 0 radical (unpaired) electrons. The molecule has 3 aromatic carbocycles. The van der Waals surface area contributed by atoms with E-state index in [4.69, 9.17) is 19.7 Å². The molecule has 4 aromatic rings. The predicted molar refractivity (Wildman–Crippen MR) is 150 cm³/mol. The van der Waals surface area contributed by atoms with E-state index < -0.39 is 17.6 Å². The van der Waals surface area contributed by atoms with Crippen molar-refractivity contribution < 1.29 is 28.2 Å². The van der Waals surface area contributed by atoms with Crippen LogP contribution < -0.4 is 9.64 Å². The normalized spacial score (nSPS) is 17.2. The maximum atomic E-state index is 14.5. The number of aromatic carboxylic acids is 1. The second-order valence-electron chi connectivity index (χ2n) is 10.5. The Labute approximate surface area is 241 Å². The van der Waals surface area contributed by atoms with E-state index in [-0.39, 0.29) is 35.2 Å². The van der Waals surface area contributed by atoms with Gasteiger partial charge in [0.25, 0.3) is 0 Å². The Morgan fingerprint density at radius 1 is 1.07 bits per heavy atom. The maximum Gasteiger partial charge on any atom is 0.335 e. The number of hydrogen-bond acceptors (Lipinski definition) is 7. The molecular formula is C31H29F2N5O4. The summed E-state index contributed by atoms with van der Waals surface area (Å²) in [6.07, 6.45) is 1.05. The van der Waals surface area contributed by atoms with Crippen molar-refractivity contribution in [2.75, 3.05) is 37.7 Å². The fraction of sp³-hybridized carbons (Fsp3) is 0.323. The van der Waals surface area contributed by atoms with E-state index in [0.717, 1.165) is 54.7 Å². The van der Waals surface area contributed by atoms with Crippen LogP contribution in [-0.4, -0.2) is 64.4 Å². The number of carboxylic acid groups (broad SMARTS) is 1. The third-order valence-corrected chi connectivity index (χ3v) is 7.84. The number of imidazole rings is 1. The maximum absolute atomic E-state index is 14.5. The van der Waals surface area contributed by atoms with Gasteiger partial charge in [-0.15, -0.1) is 0 Å². The number of anilines is 1. The molecule has 1 unspecified atom stereocenters. The number of carbonyl (C=O) groups is 1. The van der Waals surface area contributed by atoms with Gasteiger partial charge in [0.15, 0.2) is 11.6 Å². The lowest BCUT2D eigenvalue weighted by Gasteiger charge is -2.36. The highest BCUT2D eigenvalue weighted by Gasteiger charge is 2.25. The zero-order valence-electron chi connectivity index (χ0n) is 22.8. The molecule has 1 aromatic heterocycles. The highest BCUT2D eigenvalue weighted by atomic mass is 19.1. The molecule has 0 amide bonds. The van der Waals surface area contributed by atoms with Gasteiger partial charge < -0.3 is 24.0 Å². The summed E-state index contributed by atoms with van der Waals surface area (Å²) in [6, 6.07) is 15.7. The summed E-state index contributed by atoms with van der Waals surface area (Å²) in [5, 5.41) is 18.4. The van der Waals surface area contributed by atoms with Crippen LogP contribution in [0.5, 0.6) is 5.75 Å². The van der Waals surface area contributed by atoms with Crippen molar-refractivity contribution in [3.63, 3.8) is 0 Å². The van der Waals surface area contributed by atoms with Gasteiger partial charge in [0, 0.05) is 50.1 Å². The highest BCUT2D eigenvalue weighted by molar-refractivity contribution is 5.92. The number of hydrogen-bond donors (Lipinski definition) is 1. The van der Waals surface area contributed by atoms with Gasteiger partial charge in [-0.25, -0.2) is 18.6 Å². The molecular weight excluding hydrogens is 544 g/mol. The van der Waals surface area contributed by atoms with Gasteiger partial charge in [0.05, 0.1) is 47.4 Å². The van der Waals surface area contributed by atoms with Crippen LogP contribution in [0, 0.1) is 23.0 Å². The molecule has 2 saturated heterocycles. The molecule has 0 aliphatic carbocycles. The number of carboxylic acids is 1. The third kappa shape index (κ3) is 5.77. The van der Waals surface area contributed by atoms with Gasteiger partial charge in [0.1, 0.15) is 18.2 Å². The van der Waals surface area contributed by atoms with Crippen LogP contribution in [0.4, 0.5) is 14.5 Å². The van der Waals surface area contributed by atoms with E-state index in [9.17, 15) is 18.7 Å². The summed E-state index contributed by atoms with van der Waals surface area (Å²) >= 11 is 0. The summed E-state index contributed by atoms with van der Waals surface area (Å²) in [6.45, 7) is 4.69. The van der Waals surface area contributed by atoms with Crippen LogP contribution in [-0.2, 0) is 24.4 Å². The van der Waals surface area contributed by atoms with E-state index in [1.54, 1.807) is 30.3 Å². The molecule has 9 nitrogen and oxygen atoms in total. The molecule has 0 saturated carbocycles. The zero-order chi connectivity index (χ0) is 29.2. The van der Waals surface area contributed by atoms with E-state index in [1.807, 2.05) is 6.07 Å². The Bertz CT molecular complexity index is 1670. The van der Waals surface area contributed by atoms with Crippen molar-refractivity contribution in [3.05, 3.63) is 88.7 Å². The Kier molecular flexibility index (Phi) is 7.73. The van der Waals surface area contributed by atoms with E-state index in [1.165, 1.54) is 18.2 Å². The molecule has 1 atom stereocenters. The summed E-state index contributed by atoms with van der Waals surface area (Å²) < 4.78 is 42.2. The van der Waals surface area contributed by atoms with Crippen molar-refractivity contribution >= 4 is 22.7 Å². The first-order valence-electron chi connectivity index (χ1n) is 13.8. The first-order chi connectivity index (χ1) is 20.4. The number of halogens is 2. The van der Waals surface area contributed by atoms with E-state index in [0.29, 0.717) is 26.2 Å². The Morgan fingerprint density at radius 2 is 1.88 bits per heavy atom. The molecule has 3 heterocycles. The molecule has 2 aliphatic heterocycles. The topological polar surface area (TPSA) is 104 Å². The molecule has 2 fully saturated rings. The van der Waals surface area contributed by atoms with Crippen molar-refractivity contribution in [1.29, 1.82) is 5.26 Å². The van der Waals surface area contributed by atoms with Gasteiger partial charge >= 0.3 is 5.97 Å². The number of rotatable bonds is 9. The van der Waals surface area contributed by atoms with Crippen LogP contribution in [0.1, 0.15) is 33.7 Å². The Morgan fingerprint density at radius 3 is 2.57 bits per heavy atom. The Balaban J connectivity index is 1.12. The average Bonchev–Trinajstić information content (AvgIpc) is 3.31. The number of aromatic nitrogens is 2. The Hall–Kier alpha value is -4.53. The van der Waals surface area contributed by atoms with Crippen molar-refractivity contribution in [1.82, 2.24) is 14.5 Å². The highest BCUT2D eigenvalue weighted by Crippen LogP contribution is 2.28. The van der Waals surface area contributed by atoms with Crippen LogP contribution in [0.25, 0.3) is 11.0 Å². The first-order valence-corrected chi connectivity index (χ1v) is 13.8. The summed E-state index contributed by atoms with van der Waals surface area (Å²) in [5.74, 6) is -1.18. The van der Waals surface area contributed by atoms with Gasteiger partial charge in [0.2, 0.25) is 0 Å². The standard InChI is InChI=1S/C31H29F2N5O4/c32-25-5-4-23(15-29(25)42-19-22-2-1-20(16-34)13-26(22)33)37-10-8-36(9-11-37)18-30-35-27-6-3-21(31(39)40)14-28(27)38(30)17-24-7-12-41-24/h1-6,13-15,24H,7-12,17-19H2,(H,39,40). The third-order valence-electron chi connectivity index (χ3n) is 7.84. The van der Waals surface area contributed by atoms with Gasteiger partial charge in [-0.2, -0.15) is 5.26 Å². The largest absolute Gasteiger partial charge is 0.486 e. The van der Waals surface area contributed by atoms with Gasteiger partial charge in [-0.05, 0) is 48.9 Å². The monoisotopic (exact) mass is 573 g/mol. The lowest BCUT2D eigenvalue weighted by Crippen LogP contribution is -2.46. The van der Waals surface area contributed by atoms with Crippen LogP contribution in [0.2, 0.25) is 0 Å². The second-order valence-corrected chi connectivity index (χ2v) is 10.5. The van der Waals surface area contributed by atoms with Gasteiger partial charge in [-0.1, -0.05) is 6.07 Å². The zero-order valence-corrected chi connectivity index (χ0v) is 22.8. The summed E-state index contributed by atoms with van der Waals surface area (Å²) in [4.78, 5) is 20.9. The minimum absolute atomic E-state index is 0.0337. The number of ether oxygens (including phenoxy) is 2. The lowest BCUT2D eigenvalue weighted by atomic mass is 10.1. The van der Waals surface area contributed by atoms with E-state index >= 15 is 0 Å². The van der Waals surface area contributed by atoms with Crippen LogP contribution in [0.15, 0.2) is 54.6 Å². The smallest absolute Gasteiger partial charge is 0.335 e. The van der Waals surface area contributed by atoms with Crippen molar-refractivity contribution in [2.24, 2.45) is 0 Å². The molecule has 6 rings (SSSR count). The summed E-state index contributed by atoms with van der Waals surface area (Å²) in [7, 11) is 0.